The Bertz CT molecular complexity index is 925. The smallest absolute Gasteiger partial charge is 0.137 e. The highest BCUT2D eigenvalue weighted by atomic mass is 16.5. The Labute approximate surface area is 146 Å². The summed E-state index contributed by atoms with van der Waals surface area (Å²) in [4.78, 5) is 4.84. The highest BCUT2D eigenvalue weighted by molar-refractivity contribution is 5.80. The zero-order valence-electron chi connectivity index (χ0n) is 14.3. The van der Waals surface area contributed by atoms with Crippen LogP contribution in [-0.2, 0) is 4.74 Å². The zero-order valence-corrected chi connectivity index (χ0v) is 14.3. The molecule has 2 heterocycles. The highest BCUT2D eigenvalue weighted by Gasteiger charge is 2.14. The number of hydrogen-bond donors (Lipinski definition) is 0. The Morgan fingerprint density at radius 1 is 1.12 bits per heavy atom. The maximum atomic E-state index is 6.11. The van der Waals surface area contributed by atoms with Crippen LogP contribution in [0, 0.1) is 0 Å². The van der Waals surface area contributed by atoms with Gasteiger partial charge in [0.25, 0.3) is 0 Å². The van der Waals surface area contributed by atoms with Gasteiger partial charge < -0.3 is 13.9 Å². The first-order valence-corrected chi connectivity index (χ1v) is 8.63. The van der Waals surface area contributed by atoms with E-state index >= 15 is 0 Å². The van der Waals surface area contributed by atoms with Crippen LogP contribution in [0.4, 0.5) is 0 Å². The molecule has 4 heteroatoms. The molecule has 3 aromatic rings. The molecule has 1 atom stereocenters. The molecule has 128 valence electrons. The lowest BCUT2D eigenvalue weighted by Crippen LogP contribution is -2.13. The van der Waals surface area contributed by atoms with E-state index < -0.39 is 0 Å². The Balaban J connectivity index is 1.84. The minimum Gasteiger partial charge on any atom is -0.497 e. The largest absolute Gasteiger partial charge is 0.497 e. The number of nitrogens with zero attached hydrogens (tertiary/aromatic N) is 1. The van der Waals surface area contributed by atoms with Crippen LogP contribution in [0.25, 0.3) is 22.3 Å². The van der Waals surface area contributed by atoms with Crippen molar-refractivity contribution in [2.75, 3.05) is 20.3 Å². The number of ether oxygens (including phenoxy) is 2. The van der Waals surface area contributed by atoms with Gasteiger partial charge in [-0.1, -0.05) is 30.3 Å². The quantitative estimate of drug-likeness (QED) is 0.718. The lowest BCUT2D eigenvalue weighted by atomic mass is 10.1. The van der Waals surface area contributed by atoms with Gasteiger partial charge in [0.15, 0.2) is 0 Å². The van der Waals surface area contributed by atoms with Crippen molar-refractivity contribution in [1.82, 2.24) is 0 Å². The number of rotatable bonds is 4. The molecular formula is C21H21NO3. The molecule has 25 heavy (non-hydrogen) atoms. The van der Waals surface area contributed by atoms with Gasteiger partial charge in [-0.2, -0.15) is 0 Å². The van der Waals surface area contributed by atoms with Crippen molar-refractivity contribution in [3.63, 3.8) is 0 Å². The van der Waals surface area contributed by atoms with E-state index in [2.05, 4.69) is 0 Å². The second-order valence-corrected chi connectivity index (χ2v) is 6.20. The van der Waals surface area contributed by atoms with Crippen LogP contribution in [0.1, 0.15) is 12.8 Å². The van der Waals surface area contributed by atoms with Crippen LogP contribution in [0.15, 0.2) is 64.0 Å². The molecule has 0 bridgehead atoms. The molecule has 1 saturated heterocycles. The average molecular weight is 335 g/mol. The summed E-state index contributed by atoms with van der Waals surface area (Å²) in [5.41, 5.74) is 1.84. The second kappa shape index (κ2) is 7.11. The summed E-state index contributed by atoms with van der Waals surface area (Å²) < 4.78 is 17.2. The molecule has 4 rings (SSSR count). The second-order valence-electron chi connectivity index (χ2n) is 6.20. The number of hydrogen-bond acceptors (Lipinski definition) is 4. The van der Waals surface area contributed by atoms with Gasteiger partial charge in [0.05, 0.1) is 25.1 Å². The van der Waals surface area contributed by atoms with Gasteiger partial charge in [-0.05, 0) is 31.0 Å². The summed E-state index contributed by atoms with van der Waals surface area (Å²) in [7, 11) is 1.67. The first-order valence-electron chi connectivity index (χ1n) is 8.63. The number of fused-ring (bicyclic) bond motifs is 1. The fourth-order valence-electron chi connectivity index (χ4n) is 3.14. The fraction of sp³-hybridized carbons (Fsp3) is 0.286. The van der Waals surface area contributed by atoms with Gasteiger partial charge in [0, 0.05) is 23.6 Å². The first-order chi connectivity index (χ1) is 12.3. The molecule has 2 aromatic carbocycles. The van der Waals surface area contributed by atoms with Crippen molar-refractivity contribution in [3.05, 3.63) is 60.0 Å². The van der Waals surface area contributed by atoms with Crippen LogP contribution in [0.3, 0.4) is 0 Å². The predicted octanol–water partition coefficient (Wildman–Crippen LogP) is 4.19. The van der Waals surface area contributed by atoms with Crippen molar-refractivity contribution in [1.29, 1.82) is 0 Å². The number of benzene rings is 2. The van der Waals surface area contributed by atoms with E-state index in [0.29, 0.717) is 6.54 Å². The van der Waals surface area contributed by atoms with Gasteiger partial charge >= 0.3 is 0 Å². The van der Waals surface area contributed by atoms with Crippen LogP contribution in [-0.4, -0.2) is 26.4 Å². The molecular weight excluding hydrogens is 314 g/mol. The third-order valence-corrected chi connectivity index (χ3v) is 4.50. The standard InChI is InChI=1S/C21H21NO3/c1-23-16-9-10-20-18(12-16)19(22-14-17-8-5-11-24-17)13-21(25-20)15-6-3-2-4-7-15/h2-4,6-7,9-10,12-13,17H,5,8,11,14H2,1H3/t17-/m1/s1. The number of methoxy groups -OCH3 is 1. The van der Waals surface area contributed by atoms with E-state index in [-0.39, 0.29) is 6.10 Å². The van der Waals surface area contributed by atoms with E-state index in [1.54, 1.807) is 7.11 Å². The monoisotopic (exact) mass is 335 g/mol. The summed E-state index contributed by atoms with van der Waals surface area (Å²) in [6.07, 6.45) is 2.42. The van der Waals surface area contributed by atoms with Gasteiger partial charge in [-0.3, -0.25) is 4.99 Å². The molecule has 4 nitrogen and oxygen atoms in total. The molecule has 0 saturated carbocycles. The first kappa shape index (κ1) is 15.9. The lowest BCUT2D eigenvalue weighted by Gasteiger charge is -2.08. The Morgan fingerprint density at radius 2 is 2.00 bits per heavy atom. The summed E-state index contributed by atoms with van der Waals surface area (Å²) in [6.45, 7) is 1.51. The minimum absolute atomic E-state index is 0.220. The molecule has 0 spiro atoms. The third kappa shape index (κ3) is 3.44. The SMILES string of the molecule is COc1ccc2oc(-c3ccccc3)cc(=NC[C@H]3CCCO3)c2c1. The molecule has 1 fully saturated rings. The predicted molar refractivity (Wildman–Crippen MR) is 97.6 cm³/mol. The topological polar surface area (TPSA) is 44.0 Å². The summed E-state index contributed by atoms with van der Waals surface area (Å²) in [5, 5.41) is 1.87. The third-order valence-electron chi connectivity index (χ3n) is 4.50. The highest BCUT2D eigenvalue weighted by Crippen LogP contribution is 2.24. The molecule has 0 radical (unpaired) electrons. The van der Waals surface area contributed by atoms with E-state index in [1.165, 1.54) is 0 Å². The maximum Gasteiger partial charge on any atom is 0.137 e. The van der Waals surface area contributed by atoms with Gasteiger partial charge in [0.2, 0.25) is 0 Å². The van der Waals surface area contributed by atoms with Crippen molar-refractivity contribution in [2.24, 2.45) is 4.99 Å². The van der Waals surface area contributed by atoms with Crippen molar-refractivity contribution in [2.45, 2.75) is 18.9 Å². The minimum atomic E-state index is 0.220. The van der Waals surface area contributed by atoms with Crippen molar-refractivity contribution >= 4 is 11.0 Å². The Morgan fingerprint density at radius 3 is 2.76 bits per heavy atom. The normalized spacial score (nSPS) is 18.0. The zero-order chi connectivity index (χ0) is 17.1. The maximum absolute atomic E-state index is 6.11. The van der Waals surface area contributed by atoms with Crippen molar-refractivity contribution < 1.29 is 13.9 Å². The summed E-state index contributed by atoms with van der Waals surface area (Å²) >= 11 is 0. The fourth-order valence-corrected chi connectivity index (χ4v) is 3.14. The molecule has 0 N–H and O–H groups in total. The van der Waals surface area contributed by atoms with Crippen LogP contribution < -0.4 is 10.1 Å². The van der Waals surface area contributed by atoms with E-state index in [4.69, 9.17) is 18.9 Å². The summed E-state index contributed by atoms with van der Waals surface area (Å²) in [6, 6.07) is 17.9. The van der Waals surface area contributed by atoms with Crippen molar-refractivity contribution in [3.8, 4) is 17.1 Å². The van der Waals surface area contributed by atoms with Crippen LogP contribution in [0.5, 0.6) is 5.75 Å². The van der Waals surface area contributed by atoms with Gasteiger partial charge in [0.1, 0.15) is 17.1 Å². The van der Waals surface area contributed by atoms with Gasteiger partial charge in [-0.25, -0.2) is 0 Å². The van der Waals surface area contributed by atoms with Crippen LogP contribution >= 0.6 is 0 Å². The van der Waals surface area contributed by atoms with Crippen LogP contribution in [0.2, 0.25) is 0 Å². The Hall–Kier alpha value is -2.59. The van der Waals surface area contributed by atoms with E-state index in [9.17, 15) is 0 Å². The molecule has 0 aliphatic carbocycles. The molecule has 0 amide bonds. The lowest BCUT2D eigenvalue weighted by molar-refractivity contribution is 0.117. The van der Waals surface area contributed by atoms with E-state index in [0.717, 1.165) is 52.8 Å². The summed E-state index contributed by atoms with van der Waals surface area (Å²) in [5.74, 6) is 1.60. The molecule has 1 aliphatic heterocycles. The Kier molecular flexibility index (Phi) is 4.53. The molecule has 0 unspecified atom stereocenters. The molecule has 1 aliphatic rings. The molecule has 1 aromatic heterocycles. The van der Waals surface area contributed by atoms with E-state index in [1.807, 2.05) is 54.6 Å². The van der Waals surface area contributed by atoms with Gasteiger partial charge in [-0.15, -0.1) is 0 Å². The average Bonchev–Trinajstić information content (AvgIpc) is 3.20.